The van der Waals surface area contributed by atoms with E-state index in [0.717, 1.165) is 92.8 Å². The van der Waals surface area contributed by atoms with E-state index in [1.807, 2.05) is 13.8 Å². The van der Waals surface area contributed by atoms with Gasteiger partial charge in [-0.05, 0) is 282 Å². The smallest absolute Gasteiger partial charge is 0.309 e. The van der Waals surface area contributed by atoms with Crippen LogP contribution in [0.2, 0.25) is 0 Å². The molecule has 0 heterocycles. The Bertz CT molecular complexity index is 1990. The summed E-state index contributed by atoms with van der Waals surface area (Å²) in [6.07, 6.45) is 19.4. The monoisotopic (exact) mass is 1580 g/mol. The van der Waals surface area contributed by atoms with E-state index < -0.39 is 6.10 Å². The number of fused-ring (bicyclic) bond motifs is 5. The van der Waals surface area contributed by atoms with Crippen LogP contribution in [0.3, 0.4) is 0 Å². The van der Waals surface area contributed by atoms with E-state index >= 15 is 0 Å². The van der Waals surface area contributed by atoms with E-state index in [9.17, 15) is 9.59 Å². The molecule has 3 fully saturated rings. The number of esters is 2. The minimum atomic E-state index is -0.584. The van der Waals surface area contributed by atoms with Gasteiger partial charge in [0.25, 0.3) is 0 Å². The van der Waals surface area contributed by atoms with Crippen molar-refractivity contribution in [1.82, 2.24) is 0 Å². The molecule has 0 bridgehead atoms. The summed E-state index contributed by atoms with van der Waals surface area (Å²) in [5.41, 5.74) is 18.7. The number of nitrogens with two attached hydrogens (primary N) is 2. The fraction of sp³-hybridized carbons (Fsp3) is 0.698. The number of rotatable bonds is 19. The SMILES string of the molecule is CCC(Cc1c(I)cc(I)c(N)c1I)C(=O)OCC(COC(=O)C(CC)Cc1c(I)cc(I)c(N)c1I)OC1CC[C@@]2(C)C(=CCC3C4CCCC(C(C)CCCC(C)C)[C@@]4(C)CCC32)C1. The number of carbonyl (C=O) groups excluding carboxylic acids is 2. The van der Waals surface area contributed by atoms with Gasteiger partial charge in [0.2, 0.25) is 0 Å². The summed E-state index contributed by atoms with van der Waals surface area (Å²) in [5, 5.41) is 0. The van der Waals surface area contributed by atoms with Crippen LogP contribution in [-0.4, -0.2) is 37.4 Å². The van der Waals surface area contributed by atoms with Crippen LogP contribution < -0.4 is 11.5 Å². The number of carbonyl (C=O) groups is 2. The summed E-state index contributed by atoms with van der Waals surface area (Å²) in [6.45, 7) is 16.7. The molecule has 4 N–H and O–H groups in total. The topological polar surface area (TPSA) is 114 Å². The average molecular weight is 1580 g/mol. The molecule has 0 aromatic heterocycles. The van der Waals surface area contributed by atoms with Crippen LogP contribution in [-0.2, 0) is 36.6 Å². The van der Waals surface area contributed by atoms with Crippen molar-refractivity contribution in [2.75, 3.05) is 24.7 Å². The molecule has 0 saturated heterocycles. The van der Waals surface area contributed by atoms with Crippen LogP contribution in [0, 0.1) is 79.6 Å². The number of hydrogen-bond donors (Lipinski definition) is 2. The quantitative estimate of drug-likeness (QED) is 0.0623. The molecular weight excluding hydrogens is 1510 g/mol. The lowest BCUT2D eigenvalue weighted by Gasteiger charge is -2.62. The van der Waals surface area contributed by atoms with Crippen LogP contribution in [0.5, 0.6) is 0 Å². The summed E-state index contributed by atoms with van der Waals surface area (Å²) in [7, 11) is 0. The predicted octanol–water partition coefficient (Wildman–Crippen LogP) is 15.6. The first-order valence-electron chi connectivity index (χ1n) is 24.8. The van der Waals surface area contributed by atoms with Gasteiger partial charge < -0.3 is 25.7 Å². The van der Waals surface area contributed by atoms with E-state index in [-0.39, 0.29) is 48.5 Å². The molecular formula is C53H74I6N2O5. The Morgan fingerprint density at radius 1 is 0.742 bits per heavy atom. The lowest BCUT2D eigenvalue weighted by molar-refractivity contribution is -0.165. The molecule has 13 heteroatoms. The second kappa shape index (κ2) is 24.9. The predicted molar refractivity (Wildman–Crippen MR) is 321 cm³/mol. The molecule has 0 amide bonds. The zero-order valence-electron chi connectivity index (χ0n) is 40.2. The highest BCUT2D eigenvalue weighted by Crippen LogP contribution is 2.66. The lowest BCUT2D eigenvalue weighted by atomic mass is 9.42. The number of anilines is 2. The zero-order chi connectivity index (χ0) is 48.2. The van der Waals surface area contributed by atoms with Crippen molar-refractivity contribution in [3.05, 3.63) is 56.3 Å². The molecule has 6 rings (SSSR count). The molecule has 8 unspecified atom stereocenters. The van der Waals surface area contributed by atoms with Crippen molar-refractivity contribution in [3.8, 4) is 0 Å². The van der Waals surface area contributed by atoms with Crippen molar-refractivity contribution in [2.24, 2.45) is 58.2 Å². The average Bonchev–Trinajstić information content (AvgIpc) is 3.27. The van der Waals surface area contributed by atoms with Gasteiger partial charge in [0.05, 0.1) is 29.3 Å². The van der Waals surface area contributed by atoms with Crippen LogP contribution >= 0.6 is 136 Å². The van der Waals surface area contributed by atoms with Gasteiger partial charge in [-0.1, -0.05) is 85.8 Å². The van der Waals surface area contributed by atoms with Gasteiger partial charge in [0, 0.05) is 21.4 Å². The number of allylic oxidation sites excluding steroid dienone is 1. The third-order valence-corrected chi connectivity index (χ3v) is 23.0. The highest BCUT2D eigenvalue weighted by Gasteiger charge is 2.58. The second-order valence-electron chi connectivity index (χ2n) is 21.2. The van der Waals surface area contributed by atoms with E-state index in [1.165, 1.54) is 57.8 Å². The number of halogens is 6. The molecule has 0 spiro atoms. The molecule has 368 valence electrons. The summed E-state index contributed by atoms with van der Waals surface area (Å²) < 4.78 is 25.5. The first-order chi connectivity index (χ1) is 31.2. The van der Waals surface area contributed by atoms with Crippen LogP contribution in [0.1, 0.15) is 149 Å². The first-order valence-corrected chi connectivity index (χ1v) is 31.2. The lowest BCUT2D eigenvalue weighted by Crippen LogP contribution is -2.55. The molecule has 10 atom stereocenters. The summed E-state index contributed by atoms with van der Waals surface area (Å²) >= 11 is 13.8. The van der Waals surface area contributed by atoms with E-state index in [0.29, 0.717) is 37.0 Å². The van der Waals surface area contributed by atoms with Gasteiger partial charge in [-0.25, -0.2) is 0 Å². The Morgan fingerprint density at radius 3 is 1.83 bits per heavy atom. The summed E-state index contributed by atoms with van der Waals surface area (Å²) in [5.74, 6) is 3.51. The number of ether oxygens (including phenoxy) is 3. The molecule has 66 heavy (non-hydrogen) atoms. The Balaban J connectivity index is 1.16. The minimum absolute atomic E-state index is 0.0285. The Morgan fingerprint density at radius 2 is 1.30 bits per heavy atom. The summed E-state index contributed by atoms with van der Waals surface area (Å²) in [4.78, 5) is 27.9. The first kappa shape index (κ1) is 56.4. The number of benzene rings is 2. The Hall–Kier alpha value is 1.06. The standard InChI is InChI=1S/C53H74I6N2O5/c1-8-31(22-37-42(54)25-44(56)48(60)46(37)58)50(62)64-27-35(28-65-51(63)32(9-2)23-38-43(55)26-45(57)49(61)47(38)59)66-34-18-20-52(6)33(24-34)16-17-36-40-15-11-14-39(30(5)13-10-12-29(3)4)53(40,7)21-19-41(36)52/h16,25-26,29-32,34-36,39-41H,8-15,17-24,27-28,60-61H2,1-7H3/t30?,31?,32?,34?,35?,36?,39?,40?,41?,52-,53+/m0/s1. The van der Waals surface area contributed by atoms with E-state index in [4.69, 9.17) is 25.7 Å². The van der Waals surface area contributed by atoms with Gasteiger partial charge in [-0.15, -0.1) is 0 Å². The number of nitrogen functional groups attached to an aromatic ring is 2. The molecule has 3 saturated carbocycles. The normalized spacial score (nSPS) is 28.0. The third kappa shape index (κ3) is 12.9. The van der Waals surface area contributed by atoms with Crippen molar-refractivity contribution >= 4 is 159 Å². The fourth-order valence-electron chi connectivity index (χ4n) is 12.9. The van der Waals surface area contributed by atoms with Crippen molar-refractivity contribution in [3.63, 3.8) is 0 Å². The molecule has 0 radical (unpaired) electrons. The van der Waals surface area contributed by atoms with Crippen LogP contribution in [0.4, 0.5) is 11.4 Å². The van der Waals surface area contributed by atoms with Crippen LogP contribution in [0.25, 0.3) is 0 Å². The third-order valence-electron chi connectivity index (χ3n) is 16.9. The van der Waals surface area contributed by atoms with Gasteiger partial charge >= 0.3 is 11.9 Å². The van der Waals surface area contributed by atoms with Gasteiger partial charge in [0.1, 0.15) is 19.3 Å². The summed E-state index contributed by atoms with van der Waals surface area (Å²) in [6, 6.07) is 4.15. The highest BCUT2D eigenvalue weighted by molar-refractivity contribution is 14.1. The molecule has 4 aliphatic carbocycles. The second-order valence-corrected chi connectivity index (χ2v) is 28.0. The number of hydrogen-bond acceptors (Lipinski definition) is 7. The van der Waals surface area contributed by atoms with Crippen LogP contribution in [0.15, 0.2) is 23.8 Å². The van der Waals surface area contributed by atoms with Gasteiger partial charge in [-0.2, -0.15) is 0 Å². The maximum Gasteiger partial charge on any atom is 0.309 e. The molecule has 2 aromatic carbocycles. The van der Waals surface area contributed by atoms with Gasteiger partial charge in [-0.3, -0.25) is 9.59 Å². The Labute approximate surface area is 479 Å². The van der Waals surface area contributed by atoms with Crippen molar-refractivity contribution < 1.29 is 23.8 Å². The molecule has 2 aromatic rings. The van der Waals surface area contributed by atoms with E-state index in [2.05, 4.69) is 188 Å². The zero-order valence-corrected chi connectivity index (χ0v) is 53.1. The van der Waals surface area contributed by atoms with Crippen molar-refractivity contribution in [1.29, 1.82) is 0 Å². The minimum Gasteiger partial charge on any atom is -0.463 e. The van der Waals surface area contributed by atoms with Crippen molar-refractivity contribution in [2.45, 2.75) is 163 Å². The molecule has 7 nitrogen and oxygen atoms in total. The largest absolute Gasteiger partial charge is 0.463 e. The van der Waals surface area contributed by atoms with Gasteiger partial charge in [0.15, 0.2) is 0 Å². The molecule has 4 aliphatic rings. The maximum absolute atomic E-state index is 13.9. The maximum atomic E-state index is 13.9. The van der Waals surface area contributed by atoms with E-state index in [1.54, 1.807) is 5.57 Å². The fourth-order valence-corrected chi connectivity index (χ4v) is 20.5. The highest BCUT2D eigenvalue weighted by atomic mass is 127. The Kier molecular flexibility index (Phi) is 21.2. The molecule has 0 aliphatic heterocycles.